The number of anilines is 1. The average Bonchev–Trinajstić information content (AvgIpc) is 2.72. The summed E-state index contributed by atoms with van der Waals surface area (Å²) < 4.78 is 0. The number of aromatic nitrogens is 2. The highest BCUT2D eigenvalue weighted by Gasteiger charge is 2.21. The third-order valence-electron chi connectivity index (χ3n) is 3.46. The number of aromatic amines is 1. The molecule has 0 spiro atoms. The summed E-state index contributed by atoms with van der Waals surface area (Å²) in [4.78, 5) is 18.7. The van der Waals surface area contributed by atoms with Gasteiger partial charge in [-0.3, -0.25) is 4.79 Å². The second-order valence-corrected chi connectivity index (χ2v) is 5.49. The van der Waals surface area contributed by atoms with E-state index in [2.05, 4.69) is 15.3 Å². The topological polar surface area (TPSA) is 83.8 Å². The van der Waals surface area contributed by atoms with Crippen LogP contribution < -0.4 is 16.6 Å². The Kier molecular flexibility index (Phi) is 4.01. The van der Waals surface area contributed by atoms with Crippen molar-refractivity contribution in [3.8, 4) is 0 Å². The van der Waals surface area contributed by atoms with Crippen LogP contribution in [0.25, 0.3) is 0 Å². The summed E-state index contributed by atoms with van der Waals surface area (Å²) in [5.41, 5.74) is 5.79. The van der Waals surface area contributed by atoms with Crippen LogP contribution in [0.4, 0.5) is 5.82 Å². The Morgan fingerprint density at radius 3 is 2.94 bits per heavy atom. The lowest BCUT2D eigenvalue weighted by atomic mass is 10.1. The normalized spacial score (nSPS) is 23.6. The van der Waals surface area contributed by atoms with Crippen LogP contribution in [0, 0.1) is 5.92 Å². The molecule has 4 N–H and O–H groups in total. The maximum absolute atomic E-state index is 11.5. The van der Waals surface area contributed by atoms with E-state index >= 15 is 0 Å². The first-order valence-corrected chi connectivity index (χ1v) is 6.65. The van der Waals surface area contributed by atoms with Crippen molar-refractivity contribution in [3.05, 3.63) is 22.2 Å². The minimum Gasteiger partial charge on any atom is -0.370 e. The number of hydrogen-bond donors (Lipinski definition) is 3. The molecule has 1 aliphatic carbocycles. The van der Waals surface area contributed by atoms with Crippen molar-refractivity contribution < 1.29 is 0 Å². The highest BCUT2D eigenvalue weighted by Crippen LogP contribution is 2.24. The van der Waals surface area contributed by atoms with E-state index < -0.39 is 0 Å². The third-order valence-corrected chi connectivity index (χ3v) is 3.46. The second kappa shape index (κ2) is 5.52. The van der Waals surface area contributed by atoms with Gasteiger partial charge in [-0.05, 0) is 25.2 Å². The van der Waals surface area contributed by atoms with Gasteiger partial charge in [0.1, 0.15) is 11.6 Å². The second-order valence-electron chi connectivity index (χ2n) is 5.49. The highest BCUT2D eigenvalue weighted by atomic mass is 16.1. The fraction of sp³-hybridized carbons (Fsp3) is 0.692. The Bertz CT molecular complexity index is 455. The molecule has 0 bridgehead atoms. The maximum Gasteiger partial charge on any atom is 0.252 e. The molecule has 0 amide bonds. The van der Waals surface area contributed by atoms with Crippen molar-refractivity contribution >= 4 is 5.82 Å². The summed E-state index contributed by atoms with van der Waals surface area (Å²) in [7, 11) is 0. The molecule has 0 aliphatic heterocycles. The Balaban J connectivity index is 1.98. The smallest absolute Gasteiger partial charge is 0.252 e. The predicted molar refractivity (Wildman–Crippen MR) is 72.8 cm³/mol. The van der Waals surface area contributed by atoms with Gasteiger partial charge in [-0.15, -0.1) is 0 Å². The lowest BCUT2D eigenvalue weighted by Gasteiger charge is -2.12. The van der Waals surface area contributed by atoms with Gasteiger partial charge in [0.05, 0.1) is 0 Å². The van der Waals surface area contributed by atoms with E-state index in [-0.39, 0.29) is 11.5 Å². The van der Waals surface area contributed by atoms with Crippen molar-refractivity contribution in [2.24, 2.45) is 11.7 Å². The first kappa shape index (κ1) is 13.1. The van der Waals surface area contributed by atoms with Crippen molar-refractivity contribution in [2.75, 3.05) is 11.9 Å². The number of nitrogens with zero attached hydrogens (tertiary/aromatic N) is 1. The maximum atomic E-state index is 11.5. The van der Waals surface area contributed by atoms with E-state index in [4.69, 9.17) is 5.73 Å². The number of nitrogens with one attached hydrogen (secondary N) is 2. The number of nitrogens with two attached hydrogens (primary N) is 1. The van der Waals surface area contributed by atoms with Gasteiger partial charge in [0.15, 0.2) is 0 Å². The van der Waals surface area contributed by atoms with Gasteiger partial charge in [-0.25, -0.2) is 4.98 Å². The number of rotatable bonds is 4. The fourth-order valence-corrected chi connectivity index (χ4v) is 2.39. The zero-order chi connectivity index (χ0) is 13.1. The monoisotopic (exact) mass is 250 g/mol. The average molecular weight is 250 g/mol. The molecule has 1 aromatic rings. The van der Waals surface area contributed by atoms with Gasteiger partial charge in [0, 0.05) is 24.6 Å². The van der Waals surface area contributed by atoms with Crippen LogP contribution in [0.1, 0.15) is 44.9 Å². The first-order valence-electron chi connectivity index (χ1n) is 6.65. The molecular weight excluding hydrogens is 228 g/mol. The van der Waals surface area contributed by atoms with Crippen LogP contribution in [0.3, 0.4) is 0 Å². The summed E-state index contributed by atoms with van der Waals surface area (Å²) in [6, 6.07) is 1.86. The molecule has 1 aliphatic rings. The van der Waals surface area contributed by atoms with E-state index in [1.807, 2.05) is 13.8 Å². The Morgan fingerprint density at radius 1 is 1.56 bits per heavy atom. The van der Waals surface area contributed by atoms with Crippen LogP contribution in [0.15, 0.2) is 10.9 Å². The van der Waals surface area contributed by atoms with Crippen molar-refractivity contribution in [1.29, 1.82) is 0 Å². The fourth-order valence-electron chi connectivity index (χ4n) is 2.39. The van der Waals surface area contributed by atoms with Gasteiger partial charge >= 0.3 is 0 Å². The Hall–Kier alpha value is -1.36. The van der Waals surface area contributed by atoms with E-state index in [1.54, 1.807) is 0 Å². The Morgan fingerprint density at radius 2 is 2.33 bits per heavy atom. The molecule has 2 rings (SSSR count). The lowest BCUT2D eigenvalue weighted by Crippen LogP contribution is -2.19. The first-order chi connectivity index (χ1) is 8.54. The summed E-state index contributed by atoms with van der Waals surface area (Å²) in [6.07, 6.45) is 3.33. The number of H-pyrrole nitrogens is 1. The van der Waals surface area contributed by atoms with E-state index in [1.165, 1.54) is 6.07 Å². The molecule has 18 heavy (non-hydrogen) atoms. The van der Waals surface area contributed by atoms with Gasteiger partial charge in [0.25, 0.3) is 5.56 Å². The van der Waals surface area contributed by atoms with Crippen LogP contribution in [-0.2, 0) is 0 Å². The zero-order valence-corrected chi connectivity index (χ0v) is 11.1. The molecule has 0 aromatic carbocycles. The van der Waals surface area contributed by atoms with Gasteiger partial charge in [0.2, 0.25) is 0 Å². The van der Waals surface area contributed by atoms with E-state index in [9.17, 15) is 4.79 Å². The van der Waals surface area contributed by atoms with Gasteiger partial charge in [-0.1, -0.05) is 13.8 Å². The summed E-state index contributed by atoms with van der Waals surface area (Å²) in [5, 5.41) is 3.26. The van der Waals surface area contributed by atoms with Gasteiger partial charge < -0.3 is 16.0 Å². The molecule has 1 aromatic heterocycles. The van der Waals surface area contributed by atoms with Crippen molar-refractivity contribution in [3.63, 3.8) is 0 Å². The molecule has 1 saturated carbocycles. The minimum absolute atomic E-state index is 0.0978. The molecule has 1 fully saturated rings. The SMILES string of the molecule is CC(C)c1nc(NCC2CCC(N)C2)cc(=O)[nH]1. The summed E-state index contributed by atoms with van der Waals surface area (Å²) in [5.74, 6) is 2.22. The zero-order valence-electron chi connectivity index (χ0n) is 11.1. The largest absolute Gasteiger partial charge is 0.370 e. The van der Waals surface area contributed by atoms with Gasteiger partial charge in [-0.2, -0.15) is 0 Å². The van der Waals surface area contributed by atoms with E-state index in [0.717, 1.165) is 31.6 Å². The molecule has 2 unspecified atom stereocenters. The van der Waals surface area contributed by atoms with Crippen LogP contribution in [0.2, 0.25) is 0 Å². The molecule has 5 nitrogen and oxygen atoms in total. The highest BCUT2D eigenvalue weighted by molar-refractivity contribution is 5.33. The molecule has 100 valence electrons. The van der Waals surface area contributed by atoms with Crippen molar-refractivity contribution in [1.82, 2.24) is 9.97 Å². The quantitative estimate of drug-likeness (QED) is 0.755. The summed E-state index contributed by atoms with van der Waals surface area (Å²) in [6.45, 7) is 4.87. The molecule has 5 heteroatoms. The molecule has 0 saturated heterocycles. The minimum atomic E-state index is -0.0978. The number of hydrogen-bond acceptors (Lipinski definition) is 4. The van der Waals surface area contributed by atoms with E-state index in [0.29, 0.717) is 17.8 Å². The summed E-state index contributed by atoms with van der Waals surface area (Å²) >= 11 is 0. The third kappa shape index (κ3) is 3.32. The molecule has 2 atom stereocenters. The molecule has 1 heterocycles. The molecular formula is C13H22N4O. The van der Waals surface area contributed by atoms with Crippen molar-refractivity contribution in [2.45, 2.75) is 45.1 Å². The standard InChI is InChI=1S/C13H22N4O/c1-8(2)13-16-11(6-12(18)17-13)15-7-9-3-4-10(14)5-9/h6,8-10H,3-5,7,14H2,1-2H3,(H2,15,16,17,18). The Labute approximate surface area is 107 Å². The molecule has 0 radical (unpaired) electrons. The van der Waals surface area contributed by atoms with Crippen LogP contribution in [0.5, 0.6) is 0 Å². The van der Waals surface area contributed by atoms with Crippen LogP contribution in [-0.4, -0.2) is 22.6 Å². The predicted octanol–water partition coefficient (Wildman–Crippen LogP) is 1.43. The lowest BCUT2D eigenvalue weighted by molar-refractivity contribution is 0.564. The van der Waals surface area contributed by atoms with Crippen LogP contribution >= 0.6 is 0 Å².